The lowest BCUT2D eigenvalue weighted by Gasteiger charge is -2.37. The molecule has 1 atom stereocenters. The summed E-state index contributed by atoms with van der Waals surface area (Å²) >= 11 is 4.64. The molecule has 0 fully saturated rings. The average molecular weight is 1420 g/mol. The number of quaternary nitrogens is 5. The van der Waals surface area contributed by atoms with Crippen molar-refractivity contribution in [3.05, 3.63) is 179 Å². The van der Waals surface area contributed by atoms with E-state index in [1.807, 2.05) is 91.0 Å². The van der Waals surface area contributed by atoms with E-state index in [1.54, 1.807) is 60.7 Å². The first-order valence-electron chi connectivity index (χ1n) is 34.7. The number of rotatable bonds is 34. The molecule has 0 saturated heterocycles. The number of unbranched alkanes of at least 4 members (excludes halogenated alkanes) is 1. The lowest BCUT2D eigenvalue weighted by molar-refractivity contribution is -0.926. The molecule has 0 heterocycles. The number of ether oxygens (including phenoxy) is 5. The molecule has 0 aromatic heterocycles. The number of benzene rings is 5. The third kappa shape index (κ3) is 50.3. The first-order chi connectivity index (χ1) is 47.5. The molecule has 0 aliphatic carbocycles. The zero-order chi connectivity index (χ0) is 76.5. The zero-order valence-corrected chi connectivity index (χ0v) is 65.4. The predicted molar refractivity (Wildman–Crippen MR) is 403 cm³/mol. The minimum Gasteiger partial charge on any atom is -0.456 e. The summed E-state index contributed by atoms with van der Waals surface area (Å²) in [6, 6.07) is 45.7. The van der Waals surface area contributed by atoms with Gasteiger partial charge in [0.1, 0.15) is 65.8 Å². The van der Waals surface area contributed by atoms with E-state index < -0.39 is 0 Å². The summed E-state index contributed by atoms with van der Waals surface area (Å²) in [5.74, 6) is -1.14. The standard InChI is InChI=1S/C18H30NO2.C17H28NO2.C15H24NO2.2C12H18NO2.CH3Cl.4CH3F/c1-4-7-14-19(6-3,13-5-2)15-16-21-18(20)17-11-9-8-10-12-17;1-4-12-18(6-3,13-5-2)14-15-20-17(19)16-10-8-7-9-11-16;1-4-16(5-2,6-3)12-13-18-15(17)14-10-8-7-9-11-14;2*1-13(2,3)9-10-15-12(14)11-7-5-4-6-8-11;5*1-2/h8-12H,4-7,13-16H2,1-3H3;7-11H,4-6,12-15H2,1-3H3;7-11H,4-6,12-13H2,1-3H3;2*4-8H,9-10H2,1-3H3;5*1H3/q5*+1;;;;;. The largest absolute Gasteiger partial charge is 0.456 e. The molecule has 1 unspecified atom stereocenters. The fourth-order valence-electron chi connectivity index (χ4n) is 9.79. The molecule has 0 aliphatic heterocycles. The van der Waals surface area contributed by atoms with Crippen LogP contribution in [0.25, 0.3) is 0 Å². The molecule has 0 N–H and O–H groups in total. The topological polar surface area (TPSA) is 132 Å². The lowest BCUT2D eigenvalue weighted by Crippen LogP contribution is -2.51. The molecule has 5 rings (SSSR count). The van der Waals surface area contributed by atoms with Gasteiger partial charge in [-0.25, -0.2) is 24.0 Å². The van der Waals surface area contributed by atoms with Gasteiger partial charge in [0, 0.05) is 6.38 Å². The van der Waals surface area contributed by atoms with E-state index in [0.717, 1.165) is 101 Å². The van der Waals surface area contributed by atoms with Gasteiger partial charge in [0.2, 0.25) is 0 Å². The van der Waals surface area contributed by atoms with Crippen molar-refractivity contribution in [1.29, 1.82) is 0 Å². The van der Waals surface area contributed by atoms with Crippen molar-refractivity contribution >= 4 is 41.4 Å². The van der Waals surface area contributed by atoms with Gasteiger partial charge in [-0.05, 0) is 121 Å². The van der Waals surface area contributed by atoms with Crippen LogP contribution in [0.4, 0.5) is 17.6 Å². The second-order valence-electron chi connectivity index (χ2n) is 24.6. The summed E-state index contributed by atoms with van der Waals surface area (Å²) in [5, 5.41) is 0. The predicted octanol–water partition coefficient (Wildman–Crippen LogP) is 16.4. The number of hydrogen-bond donors (Lipinski definition) is 0. The summed E-state index contributed by atoms with van der Waals surface area (Å²) in [4.78, 5) is 58.6. The maximum Gasteiger partial charge on any atom is 0.338 e. The van der Waals surface area contributed by atoms with Crippen LogP contribution in [-0.2, 0) is 23.7 Å². The van der Waals surface area contributed by atoms with Crippen molar-refractivity contribution in [1.82, 2.24) is 0 Å². The second kappa shape index (κ2) is 64.6. The van der Waals surface area contributed by atoms with Gasteiger partial charge in [0.25, 0.3) is 0 Å². The van der Waals surface area contributed by atoms with Gasteiger partial charge in [-0.3, -0.25) is 17.6 Å². The Balaban J connectivity index is -0.000000361. The Bertz CT molecular complexity index is 2580. The Morgan fingerprint density at radius 1 is 0.273 bits per heavy atom. The van der Waals surface area contributed by atoms with E-state index in [4.69, 9.17) is 23.7 Å². The highest BCUT2D eigenvalue weighted by Crippen LogP contribution is 2.14. The first-order valence-corrected chi connectivity index (χ1v) is 35.4. The average Bonchev–Trinajstić information content (AvgIpc) is 1.02. The van der Waals surface area contributed by atoms with Gasteiger partial charge in [0.15, 0.2) is 0 Å². The third-order valence-electron chi connectivity index (χ3n) is 15.9. The Morgan fingerprint density at radius 2 is 0.455 bits per heavy atom. The number of esters is 5. The van der Waals surface area contributed by atoms with Gasteiger partial charge in [-0.2, -0.15) is 0 Å². The van der Waals surface area contributed by atoms with E-state index in [-0.39, 0.29) is 29.8 Å². The Hall–Kier alpha value is -6.74. The van der Waals surface area contributed by atoms with Crippen LogP contribution in [0, 0.1) is 0 Å². The fraction of sp³-hybridized carbons (Fsp3) is 0.557. The molecule has 0 saturated carbocycles. The molecule has 0 spiro atoms. The van der Waals surface area contributed by atoms with Gasteiger partial charge >= 0.3 is 29.8 Å². The number of alkyl halides is 5. The third-order valence-corrected chi connectivity index (χ3v) is 15.9. The number of carbonyl (C=O) groups excluding carboxylic acids is 5. The number of hydrogen-bond acceptors (Lipinski definition) is 10. The van der Waals surface area contributed by atoms with Crippen molar-refractivity contribution in [2.45, 2.75) is 94.4 Å². The van der Waals surface area contributed by atoms with E-state index in [1.165, 1.54) is 51.6 Å². The molecule has 0 amide bonds. The molecular weight excluding hydrogens is 1290 g/mol. The number of likely N-dealkylation sites (N-methyl/N-ethyl adjacent to an activating group) is 5. The fourth-order valence-corrected chi connectivity index (χ4v) is 9.79. The van der Waals surface area contributed by atoms with E-state index in [0.29, 0.717) is 89.6 Å². The smallest absolute Gasteiger partial charge is 0.338 e. The summed E-state index contributed by atoms with van der Waals surface area (Å²) in [6.45, 7) is 36.8. The van der Waals surface area contributed by atoms with Crippen molar-refractivity contribution in [2.24, 2.45) is 0 Å². The molecule has 564 valence electrons. The van der Waals surface area contributed by atoms with Crippen molar-refractivity contribution < 1.29 is 87.6 Å². The summed E-state index contributed by atoms with van der Waals surface area (Å²) in [5.41, 5.74) is 3.11. The monoisotopic (exact) mass is 1420 g/mol. The molecule has 0 radical (unpaired) electrons. The normalized spacial score (nSPS) is 10.9. The molecule has 99 heavy (non-hydrogen) atoms. The zero-order valence-electron chi connectivity index (χ0n) is 64.6. The Morgan fingerprint density at radius 3 is 0.626 bits per heavy atom. The summed E-state index contributed by atoms with van der Waals surface area (Å²) in [7, 11) is 14.4. The quantitative estimate of drug-likeness (QED) is 0.0129. The molecule has 5 aromatic carbocycles. The van der Waals surface area contributed by atoms with Crippen LogP contribution in [-0.4, -0.2) is 254 Å². The minimum atomic E-state index is -0.246. The van der Waals surface area contributed by atoms with Gasteiger partial charge in [-0.1, -0.05) is 125 Å². The summed E-state index contributed by atoms with van der Waals surface area (Å²) < 4.78 is 69.2. The molecule has 0 bridgehead atoms. The number of carbonyl (C=O) groups is 5. The maximum atomic E-state index is 12.0. The second-order valence-corrected chi connectivity index (χ2v) is 24.6. The van der Waals surface area contributed by atoms with Crippen LogP contribution in [0.5, 0.6) is 0 Å². The van der Waals surface area contributed by atoms with E-state index >= 15 is 0 Å². The van der Waals surface area contributed by atoms with Crippen LogP contribution >= 0.6 is 11.6 Å². The van der Waals surface area contributed by atoms with Crippen LogP contribution in [0.2, 0.25) is 0 Å². The van der Waals surface area contributed by atoms with Crippen LogP contribution in [0.1, 0.15) is 146 Å². The molecule has 5 aromatic rings. The van der Waals surface area contributed by atoms with Crippen LogP contribution in [0.3, 0.4) is 0 Å². The molecule has 20 heteroatoms. The highest BCUT2D eigenvalue weighted by Gasteiger charge is 2.26. The van der Waals surface area contributed by atoms with Crippen LogP contribution < -0.4 is 0 Å². The highest BCUT2D eigenvalue weighted by atomic mass is 35.5. The lowest BCUT2D eigenvalue weighted by atomic mass is 10.2. The van der Waals surface area contributed by atoms with E-state index in [2.05, 4.69) is 116 Å². The van der Waals surface area contributed by atoms with Gasteiger partial charge < -0.3 is 46.1 Å². The van der Waals surface area contributed by atoms with E-state index in [9.17, 15) is 41.5 Å². The summed E-state index contributed by atoms with van der Waals surface area (Å²) in [6.07, 6.45) is 7.43. The first kappa shape index (κ1) is 101. The Labute approximate surface area is 602 Å². The van der Waals surface area contributed by atoms with Crippen molar-refractivity contribution in [3.8, 4) is 0 Å². The van der Waals surface area contributed by atoms with Gasteiger partial charge in [-0.15, -0.1) is 11.6 Å². The van der Waals surface area contributed by atoms with Crippen LogP contribution in [0.15, 0.2) is 152 Å². The molecule has 15 nitrogen and oxygen atoms in total. The number of nitrogens with zero attached hydrogens (tertiary/aromatic N) is 5. The molecular formula is C79H133ClF4N5O10+5. The van der Waals surface area contributed by atoms with Gasteiger partial charge in [0.05, 0.1) is 158 Å². The van der Waals surface area contributed by atoms with Crippen molar-refractivity contribution in [3.63, 3.8) is 0 Å². The van der Waals surface area contributed by atoms with Crippen molar-refractivity contribution in [2.75, 3.05) is 202 Å². The maximum absolute atomic E-state index is 12.0. The minimum absolute atomic E-state index is 0.211. The Kier molecular flexibility index (Phi) is 65.9. The number of halogens is 5. The molecule has 0 aliphatic rings. The SMILES string of the molecule is CCCC[N+](CC)(CCC)CCOC(=O)c1ccccc1.CCC[N+](CC)(CCC)CCOC(=O)c1ccccc1.CC[N+](CC)(CC)CCOC(=O)c1ccccc1.CCl.CF.CF.CF.CF.C[N+](C)(C)CCOC(=O)c1ccccc1.C[N+](C)(C)CCOC(=O)c1ccccc1. The highest BCUT2D eigenvalue weighted by molar-refractivity contribution is 6.15.